The number of aromatic nitrogens is 1. The number of hydrogen-bond acceptors (Lipinski definition) is 4. The molecule has 7 aromatic rings. The highest BCUT2D eigenvalue weighted by molar-refractivity contribution is 7.24. The molecule has 0 amide bonds. The summed E-state index contributed by atoms with van der Waals surface area (Å²) in [5, 5.41) is 19.9. The lowest BCUT2D eigenvalue weighted by Crippen LogP contribution is -2.15. The largest absolute Gasteiger partial charge is 0.477 e. The van der Waals surface area contributed by atoms with Gasteiger partial charge in [-0.25, -0.2) is 4.79 Å². The van der Waals surface area contributed by atoms with E-state index in [4.69, 9.17) is 0 Å². The SMILES string of the molecule is CC1(C)c2ccccc2-c2ccc(-n3c(-c4ccccc4)c4c5c(c(-c6ccc(-c7ccc(C=C(C#N)C(=O)O)s7)s6)ccc53)CCC4)cc21. The highest BCUT2D eigenvalue weighted by Crippen LogP contribution is 2.51. The first kappa shape index (κ1) is 30.6. The molecule has 0 fully saturated rings. The van der Waals surface area contributed by atoms with E-state index in [2.05, 4.69) is 115 Å². The van der Waals surface area contributed by atoms with Crippen LogP contribution in [0, 0.1) is 11.3 Å². The van der Waals surface area contributed by atoms with Crippen LogP contribution in [0.1, 0.15) is 47.4 Å². The van der Waals surface area contributed by atoms with E-state index in [1.807, 2.05) is 12.1 Å². The van der Waals surface area contributed by atoms with Gasteiger partial charge in [0.15, 0.2) is 0 Å². The van der Waals surface area contributed by atoms with Gasteiger partial charge < -0.3 is 9.67 Å². The summed E-state index contributed by atoms with van der Waals surface area (Å²) >= 11 is 3.27. The number of aliphatic carboxylic acids is 1. The van der Waals surface area contributed by atoms with Crippen LogP contribution in [0.15, 0.2) is 115 Å². The molecule has 2 aliphatic carbocycles. The molecular weight excluding hydrogens is 653 g/mol. The summed E-state index contributed by atoms with van der Waals surface area (Å²) in [5.74, 6) is -1.21. The van der Waals surface area contributed by atoms with Crippen molar-refractivity contribution >= 4 is 45.6 Å². The molecule has 1 N–H and O–H groups in total. The lowest BCUT2D eigenvalue weighted by Gasteiger charge is -2.22. The van der Waals surface area contributed by atoms with Crippen LogP contribution in [-0.4, -0.2) is 15.6 Å². The Labute approximate surface area is 298 Å². The van der Waals surface area contributed by atoms with E-state index in [0.717, 1.165) is 33.9 Å². The number of nitrogens with zero attached hydrogens (tertiary/aromatic N) is 2. The second-order valence-electron chi connectivity index (χ2n) is 13.6. The van der Waals surface area contributed by atoms with Gasteiger partial charge in [0.1, 0.15) is 11.6 Å². The van der Waals surface area contributed by atoms with Crippen LogP contribution in [-0.2, 0) is 23.1 Å². The Morgan fingerprint density at radius 1 is 0.780 bits per heavy atom. The van der Waals surface area contributed by atoms with Crippen molar-refractivity contribution in [3.05, 3.63) is 142 Å². The first-order chi connectivity index (χ1) is 24.3. The number of rotatable bonds is 6. The molecule has 3 aromatic heterocycles. The van der Waals surface area contributed by atoms with Crippen molar-refractivity contribution in [3.8, 4) is 54.3 Å². The highest BCUT2D eigenvalue weighted by Gasteiger charge is 2.36. The number of fused-ring (bicyclic) bond motifs is 3. The Balaban J connectivity index is 1.20. The lowest BCUT2D eigenvalue weighted by molar-refractivity contribution is -0.132. The number of carboxylic acids is 1. The molecule has 0 spiro atoms. The van der Waals surface area contributed by atoms with Crippen LogP contribution in [0.5, 0.6) is 0 Å². The first-order valence-corrected chi connectivity index (χ1v) is 18.5. The van der Waals surface area contributed by atoms with Gasteiger partial charge in [-0.3, -0.25) is 0 Å². The van der Waals surface area contributed by atoms with Crippen molar-refractivity contribution in [3.63, 3.8) is 0 Å². The second kappa shape index (κ2) is 11.6. The average Bonchev–Trinajstić information content (AvgIpc) is 3.93. The molecule has 4 aromatic carbocycles. The van der Waals surface area contributed by atoms with Crippen molar-refractivity contribution in [2.24, 2.45) is 0 Å². The van der Waals surface area contributed by atoms with Gasteiger partial charge in [0.05, 0.1) is 11.2 Å². The van der Waals surface area contributed by atoms with Gasteiger partial charge in [0.25, 0.3) is 0 Å². The Kier molecular flexibility index (Phi) is 7.06. The number of benzene rings is 4. The number of carboxylic acid groups (broad SMARTS) is 1. The maximum absolute atomic E-state index is 11.4. The van der Waals surface area contributed by atoms with E-state index in [1.165, 1.54) is 89.1 Å². The lowest BCUT2D eigenvalue weighted by atomic mass is 9.82. The minimum atomic E-state index is -1.21. The van der Waals surface area contributed by atoms with Gasteiger partial charge in [-0.15, -0.1) is 22.7 Å². The molecule has 0 aliphatic heterocycles. The molecule has 9 rings (SSSR count). The topological polar surface area (TPSA) is 66.0 Å². The fourth-order valence-electron chi connectivity index (χ4n) is 8.17. The molecule has 0 radical (unpaired) electrons. The number of aryl methyl sites for hydroxylation is 2. The van der Waals surface area contributed by atoms with E-state index < -0.39 is 5.97 Å². The van der Waals surface area contributed by atoms with E-state index >= 15 is 0 Å². The van der Waals surface area contributed by atoms with Crippen LogP contribution >= 0.6 is 22.7 Å². The molecule has 6 heteroatoms. The van der Waals surface area contributed by atoms with E-state index in [-0.39, 0.29) is 11.0 Å². The van der Waals surface area contributed by atoms with Crippen LogP contribution in [0.25, 0.3) is 65.2 Å². The molecule has 0 bridgehead atoms. The minimum absolute atomic E-state index is 0.0856. The van der Waals surface area contributed by atoms with Crippen molar-refractivity contribution in [1.29, 1.82) is 5.26 Å². The molecule has 50 heavy (non-hydrogen) atoms. The smallest absolute Gasteiger partial charge is 0.346 e. The number of thiophene rings is 2. The summed E-state index contributed by atoms with van der Waals surface area (Å²) in [6.07, 6.45) is 4.60. The van der Waals surface area contributed by atoms with Crippen LogP contribution in [0.4, 0.5) is 0 Å². The normalized spacial score (nSPS) is 14.4. The van der Waals surface area contributed by atoms with Gasteiger partial charge in [0, 0.05) is 36.0 Å². The molecule has 0 saturated heterocycles. The van der Waals surface area contributed by atoms with E-state index in [1.54, 1.807) is 17.4 Å². The number of hydrogen-bond donors (Lipinski definition) is 1. The Morgan fingerprint density at radius 2 is 1.48 bits per heavy atom. The molecule has 0 atom stereocenters. The third kappa shape index (κ3) is 4.65. The van der Waals surface area contributed by atoms with Crippen LogP contribution in [0.3, 0.4) is 0 Å². The molecule has 2 aliphatic rings. The molecule has 0 saturated carbocycles. The van der Waals surface area contributed by atoms with Crippen molar-refractivity contribution in [1.82, 2.24) is 4.57 Å². The third-order valence-electron chi connectivity index (χ3n) is 10.4. The van der Waals surface area contributed by atoms with Gasteiger partial charge in [-0.2, -0.15) is 5.26 Å². The van der Waals surface area contributed by atoms with Crippen molar-refractivity contribution < 1.29 is 9.90 Å². The monoisotopic (exact) mass is 684 g/mol. The first-order valence-electron chi connectivity index (χ1n) is 16.9. The van der Waals surface area contributed by atoms with Crippen molar-refractivity contribution in [2.75, 3.05) is 0 Å². The fourth-order valence-corrected chi connectivity index (χ4v) is 10.3. The quantitative estimate of drug-likeness (QED) is 0.140. The zero-order valence-corrected chi connectivity index (χ0v) is 29.3. The second-order valence-corrected chi connectivity index (χ2v) is 15.8. The van der Waals surface area contributed by atoms with Gasteiger partial charge in [0.2, 0.25) is 0 Å². The maximum Gasteiger partial charge on any atom is 0.346 e. The highest BCUT2D eigenvalue weighted by atomic mass is 32.1. The minimum Gasteiger partial charge on any atom is -0.477 e. The van der Waals surface area contributed by atoms with Crippen LogP contribution < -0.4 is 0 Å². The van der Waals surface area contributed by atoms with Gasteiger partial charge in [-0.1, -0.05) is 80.6 Å². The van der Waals surface area contributed by atoms with Crippen molar-refractivity contribution in [2.45, 2.75) is 38.5 Å². The van der Waals surface area contributed by atoms with Gasteiger partial charge >= 0.3 is 5.97 Å². The summed E-state index contributed by atoms with van der Waals surface area (Å²) in [4.78, 5) is 15.5. The Hall–Kier alpha value is -5.48. The summed E-state index contributed by atoms with van der Waals surface area (Å²) < 4.78 is 2.52. The maximum atomic E-state index is 11.4. The molecular formula is C44H32N2O2S2. The van der Waals surface area contributed by atoms with E-state index in [0.29, 0.717) is 0 Å². The molecule has 0 unspecified atom stereocenters. The predicted octanol–water partition coefficient (Wildman–Crippen LogP) is 11.5. The number of nitriles is 1. The summed E-state index contributed by atoms with van der Waals surface area (Å²) in [6.45, 7) is 4.69. The molecule has 242 valence electrons. The van der Waals surface area contributed by atoms with Crippen LogP contribution in [0.2, 0.25) is 0 Å². The zero-order chi connectivity index (χ0) is 34.1. The summed E-state index contributed by atoms with van der Waals surface area (Å²) in [5.41, 5.74) is 14.2. The Morgan fingerprint density at radius 3 is 2.30 bits per heavy atom. The Bertz CT molecular complexity index is 2590. The molecule has 4 nitrogen and oxygen atoms in total. The fraction of sp³-hybridized carbons (Fsp3) is 0.136. The standard InChI is InChI=1S/C44H32N2O2S2/c1-44(2)35-14-7-6-11-30(35)31-17-15-28(24-36(31)44)46-37-19-18-32(33-12-8-13-34(41(33)37)42(46)26-9-4-3-5-10-26)38-21-22-40(50-38)39-20-16-29(49-39)23-27(25-45)43(47)48/h3-7,9-11,14-24H,8,12-13H2,1-2H3,(H,47,48). The summed E-state index contributed by atoms with van der Waals surface area (Å²) in [7, 11) is 0. The predicted molar refractivity (Wildman–Crippen MR) is 206 cm³/mol. The zero-order valence-electron chi connectivity index (χ0n) is 27.7. The van der Waals surface area contributed by atoms with Gasteiger partial charge in [-0.05, 0) is 112 Å². The van der Waals surface area contributed by atoms with E-state index in [9.17, 15) is 15.2 Å². The third-order valence-corrected chi connectivity index (χ3v) is 12.8. The summed E-state index contributed by atoms with van der Waals surface area (Å²) in [6, 6.07) is 41.5. The number of carbonyl (C=O) groups is 1. The molecule has 3 heterocycles. The average molecular weight is 685 g/mol.